The van der Waals surface area contributed by atoms with E-state index in [1.54, 1.807) is 18.0 Å². The summed E-state index contributed by atoms with van der Waals surface area (Å²) in [6.07, 6.45) is 4.32. The minimum absolute atomic E-state index is 0.230. The standard InChI is InChI=1S/C15H19NS.C13H26N2.C2H4/c1-5-16-11-13-7-9-14(10-8-13)15(12(3)4)17-6-2;1-10-8-7-9-15(10)11(2)12(14-6)13(3,4)5;1-2/h5-10,16H,1-2,11H2,3-4H3;10,12,14H,2,7-9H2,1,3-6H3;1-2H2. The van der Waals surface area contributed by atoms with Gasteiger partial charge >= 0.3 is 0 Å². The third-order valence-electron chi connectivity index (χ3n) is 5.73. The monoisotopic (exact) mass is 483 g/mol. The third kappa shape index (κ3) is 10.4. The van der Waals surface area contributed by atoms with Gasteiger partial charge in [-0.3, -0.25) is 0 Å². The Kier molecular flexibility index (Phi) is 15.4. The first-order valence-corrected chi connectivity index (χ1v) is 13.0. The predicted molar refractivity (Wildman–Crippen MR) is 158 cm³/mol. The van der Waals surface area contributed by atoms with E-state index in [2.05, 4.69) is 114 Å². The molecular weight excluding hydrogens is 434 g/mol. The Morgan fingerprint density at radius 2 is 1.76 bits per heavy atom. The van der Waals surface area contributed by atoms with Gasteiger partial charge in [0.1, 0.15) is 0 Å². The highest BCUT2D eigenvalue weighted by Crippen LogP contribution is 2.31. The van der Waals surface area contributed by atoms with Crippen molar-refractivity contribution in [2.24, 2.45) is 5.41 Å². The predicted octanol–water partition coefficient (Wildman–Crippen LogP) is 7.97. The Hall–Kier alpha value is -2.17. The van der Waals surface area contributed by atoms with Gasteiger partial charge in [-0.2, -0.15) is 0 Å². The second-order valence-electron chi connectivity index (χ2n) is 9.66. The molecule has 1 aromatic rings. The first-order valence-electron chi connectivity index (χ1n) is 12.1. The molecule has 2 unspecified atom stereocenters. The molecule has 3 nitrogen and oxygen atoms in total. The van der Waals surface area contributed by atoms with E-state index in [-0.39, 0.29) is 5.41 Å². The second-order valence-corrected chi connectivity index (χ2v) is 10.6. The van der Waals surface area contributed by atoms with Crippen molar-refractivity contribution < 1.29 is 0 Å². The second kappa shape index (κ2) is 16.5. The normalized spacial score (nSPS) is 15.6. The molecule has 0 aromatic heterocycles. The highest BCUT2D eigenvalue weighted by Gasteiger charge is 2.31. The van der Waals surface area contributed by atoms with Crippen LogP contribution in [0.15, 0.2) is 80.0 Å². The lowest BCUT2D eigenvalue weighted by Crippen LogP contribution is -2.45. The number of hydrogen-bond acceptors (Lipinski definition) is 4. The number of rotatable bonds is 9. The quantitative estimate of drug-likeness (QED) is 0.348. The molecule has 1 heterocycles. The van der Waals surface area contributed by atoms with Crippen molar-refractivity contribution >= 4 is 16.7 Å². The topological polar surface area (TPSA) is 27.3 Å². The number of hydrogen-bond donors (Lipinski definition) is 2. The van der Waals surface area contributed by atoms with Crippen LogP contribution in [0.1, 0.15) is 65.5 Å². The van der Waals surface area contributed by atoms with Crippen LogP contribution in [-0.4, -0.2) is 30.6 Å². The van der Waals surface area contributed by atoms with Crippen LogP contribution in [0.3, 0.4) is 0 Å². The fourth-order valence-corrected chi connectivity index (χ4v) is 4.82. The first kappa shape index (κ1) is 31.8. The van der Waals surface area contributed by atoms with E-state index in [9.17, 15) is 0 Å². The summed E-state index contributed by atoms with van der Waals surface area (Å²) in [7, 11) is 2.03. The van der Waals surface area contributed by atoms with Gasteiger partial charge in [-0.1, -0.05) is 82.1 Å². The van der Waals surface area contributed by atoms with E-state index < -0.39 is 0 Å². The number of allylic oxidation sites excluding steroid dienone is 1. The summed E-state index contributed by atoms with van der Waals surface area (Å²) in [4.78, 5) is 3.75. The average Bonchev–Trinajstić information content (AvgIpc) is 3.23. The highest BCUT2D eigenvalue weighted by atomic mass is 32.2. The van der Waals surface area contributed by atoms with Crippen LogP contribution in [0.2, 0.25) is 0 Å². The van der Waals surface area contributed by atoms with Crippen molar-refractivity contribution in [1.29, 1.82) is 0 Å². The molecule has 0 aliphatic carbocycles. The summed E-state index contributed by atoms with van der Waals surface area (Å²) < 4.78 is 0. The minimum atomic E-state index is 0.230. The molecule has 1 aromatic carbocycles. The number of likely N-dealkylation sites (N-methyl/N-ethyl adjacent to an activating group) is 1. The van der Waals surface area contributed by atoms with Crippen molar-refractivity contribution in [3.8, 4) is 0 Å². The molecule has 1 aliphatic rings. The first-order chi connectivity index (χ1) is 16.1. The van der Waals surface area contributed by atoms with Crippen LogP contribution in [0.4, 0.5) is 0 Å². The van der Waals surface area contributed by atoms with Crippen LogP contribution in [0.5, 0.6) is 0 Å². The number of likely N-dealkylation sites (tertiary alicyclic amines) is 1. The van der Waals surface area contributed by atoms with Crippen LogP contribution >= 0.6 is 11.8 Å². The summed E-state index contributed by atoms with van der Waals surface area (Å²) in [5, 5.41) is 8.36. The summed E-state index contributed by atoms with van der Waals surface area (Å²) in [6, 6.07) is 9.61. The largest absolute Gasteiger partial charge is 0.387 e. The number of nitrogens with one attached hydrogen (secondary N) is 2. The maximum absolute atomic E-state index is 4.29. The van der Waals surface area contributed by atoms with E-state index in [0.717, 1.165) is 6.54 Å². The minimum Gasteiger partial charge on any atom is -0.387 e. The highest BCUT2D eigenvalue weighted by molar-refractivity contribution is 8.10. The lowest BCUT2D eigenvalue weighted by molar-refractivity contribution is 0.234. The van der Waals surface area contributed by atoms with E-state index in [4.69, 9.17) is 0 Å². The Morgan fingerprint density at radius 3 is 2.15 bits per heavy atom. The molecule has 0 amide bonds. The van der Waals surface area contributed by atoms with Gasteiger partial charge in [0, 0.05) is 29.7 Å². The van der Waals surface area contributed by atoms with E-state index in [0.29, 0.717) is 12.1 Å². The zero-order chi connectivity index (χ0) is 26.3. The lowest BCUT2D eigenvalue weighted by atomic mass is 9.84. The van der Waals surface area contributed by atoms with Crippen LogP contribution in [0.25, 0.3) is 4.91 Å². The molecule has 190 valence electrons. The molecule has 0 radical (unpaired) electrons. The van der Waals surface area contributed by atoms with E-state index in [1.165, 1.54) is 46.7 Å². The van der Waals surface area contributed by atoms with Crippen molar-refractivity contribution in [3.05, 3.63) is 91.2 Å². The molecule has 0 saturated carbocycles. The molecule has 0 spiro atoms. The van der Waals surface area contributed by atoms with Gasteiger partial charge in [0.25, 0.3) is 0 Å². The van der Waals surface area contributed by atoms with Crippen molar-refractivity contribution in [2.75, 3.05) is 13.6 Å². The molecule has 1 saturated heterocycles. The number of nitrogens with zero attached hydrogens (tertiary/aromatic N) is 1. The van der Waals surface area contributed by atoms with Crippen LogP contribution in [0, 0.1) is 5.41 Å². The Labute approximate surface area is 215 Å². The van der Waals surface area contributed by atoms with Gasteiger partial charge in [-0.15, -0.1) is 13.2 Å². The summed E-state index contributed by atoms with van der Waals surface area (Å²) in [5.74, 6) is 0. The fraction of sp³-hybridized carbons (Fsp3) is 0.467. The van der Waals surface area contributed by atoms with Crippen molar-refractivity contribution in [2.45, 2.75) is 73.0 Å². The smallest absolute Gasteiger partial charge is 0.0512 e. The summed E-state index contributed by atoms with van der Waals surface area (Å²) in [5.41, 5.74) is 5.30. The van der Waals surface area contributed by atoms with Crippen molar-refractivity contribution in [3.63, 3.8) is 0 Å². The van der Waals surface area contributed by atoms with Gasteiger partial charge in [0.05, 0.1) is 6.04 Å². The van der Waals surface area contributed by atoms with Crippen LogP contribution in [-0.2, 0) is 6.54 Å². The zero-order valence-electron chi connectivity index (χ0n) is 22.8. The van der Waals surface area contributed by atoms with Gasteiger partial charge in [0.15, 0.2) is 0 Å². The summed E-state index contributed by atoms with van der Waals surface area (Å²) in [6.45, 7) is 33.0. The lowest BCUT2D eigenvalue weighted by Gasteiger charge is -2.38. The molecule has 2 rings (SSSR count). The number of thioether (sulfide) groups is 1. The van der Waals surface area contributed by atoms with Crippen LogP contribution < -0.4 is 10.6 Å². The molecule has 34 heavy (non-hydrogen) atoms. The average molecular weight is 484 g/mol. The molecule has 0 bridgehead atoms. The van der Waals surface area contributed by atoms with E-state index >= 15 is 0 Å². The molecule has 4 heteroatoms. The van der Waals surface area contributed by atoms with Gasteiger partial charge in [-0.05, 0) is 68.8 Å². The molecule has 2 N–H and O–H groups in total. The molecular formula is C30H49N3S. The zero-order valence-corrected chi connectivity index (χ0v) is 23.7. The Morgan fingerprint density at radius 1 is 1.18 bits per heavy atom. The Bertz CT molecular complexity index is 782. The molecule has 1 fully saturated rings. The van der Waals surface area contributed by atoms with Gasteiger partial charge < -0.3 is 15.5 Å². The van der Waals surface area contributed by atoms with Crippen molar-refractivity contribution in [1.82, 2.24) is 15.5 Å². The SMILES string of the molecule is C=C.C=C(C(NC)C(C)(C)C)N1CCCC1C.C=CNCc1ccc(C(SC=C)=C(C)C)cc1. The van der Waals surface area contributed by atoms with E-state index in [1.807, 2.05) is 12.5 Å². The number of benzene rings is 1. The summed E-state index contributed by atoms with van der Waals surface area (Å²) >= 11 is 1.67. The third-order valence-corrected chi connectivity index (χ3v) is 6.78. The molecule has 2 atom stereocenters. The maximum atomic E-state index is 4.29. The fourth-order valence-electron chi connectivity index (χ4n) is 4.15. The Balaban J connectivity index is 0.000000601. The van der Waals surface area contributed by atoms with Gasteiger partial charge in [-0.25, -0.2) is 0 Å². The molecule has 1 aliphatic heterocycles. The maximum Gasteiger partial charge on any atom is 0.0512 e. The van der Waals surface area contributed by atoms with Gasteiger partial charge in [0.2, 0.25) is 0 Å².